The molecule has 18 heavy (non-hydrogen) atoms. The van der Waals surface area contributed by atoms with Gasteiger partial charge in [0.15, 0.2) is 0 Å². The molecule has 0 aromatic heterocycles. The predicted molar refractivity (Wildman–Crippen MR) is 72.5 cm³/mol. The van der Waals surface area contributed by atoms with Crippen LogP contribution in [0.4, 0.5) is 4.79 Å². The molecule has 0 heterocycles. The molecular weight excluding hydrogens is 232 g/mol. The fourth-order valence-corrected chi connectivity index (χ4v) is 1.78. The van der Waals surface area contributed by atoms with Crippen LogP contribution in [-0.2, 0) is 9.47 Å². The number of hydrogen-bond donors (Lipinski definition) is 2. The van der Waals surface area contributed by atoms with Gasteiger partial charge in [-0.1, -0.05) is 13.8 Å². The van der Waals surface area contributed by atoms with Gasteiger partial charge in [-0.2, -0.15) is 0 Å². The van der Waals surface area contributed by atoms with Crippen LogP contribution >= 0.6 is 0 Å². The van der Waals surface area contributed by atoms with Crippen molar-refractivity contribution < 1.29 is 14.3 Å². The number of alkyl carbamates (subject to hydrolysis) is 1. The second-order valence-corrected chi connectivity index (χ2v) is 6.38. The van der Waals surface area contributed by atoms with E-state index in [1.807, 2.05) is 20.8 Å². The van der Waals surface area contributed by atoms with Gasteiger partial charge in [0.05, 0.1) is 6.61 Å². The van der Waals surface area contributed by atoms with Crippen molar-refractivity contribution in [2.75, 3.05) is 20.3 Å². The number of amides is 1. The van der Waals surface area contributed by atoms with Crippen LogP contribution in [0.1, 0.15) is 41.0 Å². The molecule has 0 unspecified atom stereocenters. The maximum Gasteiger partial charge on any atom is 0.407 e. The number of carbonyl (C=O) groups is 1. The maximum atomic E-state index is 11.7. The van der Waals surface area contributed by atoms with Gasteiger partial charge in [0.2, 0.25) is 0 Å². The number of methoxy groups -OCH3 is 1. The summed E-state index contributed by atoms with van der Waals surface area (Å²) in [6.45, 7) is 10.7. The minimum atomic E-state index is -0.495. The smallest absolute Gasteiger partial charge is 0.407 e. The van der Waals surface area contributed by atoms with Crippen LogP contribution in [0.2, 0.25) is 0 Å². The molecule has 0 saturated heterocycles. The molecular formula is C13H28N2O3. The fraction of sp³-hybridized carbons (Fsp3) is 0.923. The molecule has 0 fully saturated rings. The van der Waals surface area contributed by atoms with Crippen LogP contribution in [0.15, 0.2) is 0 Å². The van der Waals surface area contributed by atoms with E-state index in [2.05, 4.69) is 19.2 Å². The van der Waals surface area contributed by atoms with E-state index in [1.54, 1.807) is 7.11 Å². The molecule has 0 saturated carbocycles. The zero-order chi connectivity index (χ0) is 14.4. The monoisotopic (exact) mass is 260 g/mol. The van der Waals surface area contributed by atoms with Gasteiger partial charge in [0.1, 0.15) is 5.60 Å². The average Bonchev–Trinajstić information content (AvgIpc) is 2.12. The molecule has 0 aliphatic heterocycles. The lowest BCUT2D eigenvalue weighted by atomic mass is 9.86. The molecule has 0 aromatic carbocycles. The van der Waals surface area contributed by atoms with E-state index in [4.69, 9.17) is 15.2 Å². The topological polar surface area (TPSA) is 73.6 Å². The number of carbonyl (C=O) groups excluding carboxylic acids is 1. The molecule has 3 N–H and O–H groups in total. The Morgan fingerprint density at radius 1 is 1.28 bits per heavy atom. The van der Waals surface area contributed by atoms with E-state index >= 15 is 0 Å². The summed E-state index contributed by atoms with van der Waals surface area (Å²) in [5.74, 6) is 0. The summed E-state index contributed by atoms with van der Waals surface area (Å²) in [6.07, 6.45) is 0.322. The predicted octanol–water partition coefficient (Wildman–Crippen LogP) is 1.90. The van der Waals surface area contributed by atoms with Crippen LogP contribution in [0.5, 0.6) is 0 Å². The molecule has 0 rings (SSSR count). The lowest BCUT2D eigenvalue weighted by Crippen LogP contribution is -2.45. The summed E-state index contributed by atoms with van der Waals surface area (Å²) < 4.78 is 10.4. The van der Waals surface area contributed by atoms with Crippen LogP contribution < -0.4 is 11.1 Å². The first-order chi connectivity index (χ1) is 8.09. The summed E-state index contributed by atoms with van der Waals surface area (Å²) in [5.41, 5.74) is 5.15. The Morgan fingerprint density at radius 3 is 2.22 bits per heavy atom. The standard InChI is InChI=1S/C13H28N2O3/c1-12(2,3)18-11(16)15-10(8-14)7-13(4,5)9-17-6/h10H,7-9,14H2,1-6H3,(H,15,16)/t10-/m0/s1. The Balaban J connectivity index is 4.31. The molecule has 0 aromatic rings. The van der Waals surface area contributed by atoms with Crippen molar-refractivity contribution in [3.63, 3.8) is 0 Å². The van der Waals surface area contributed by atoms with Gasteiger partial charge in [-0.05, 0) is 32.6 Å². The van der Waals surface area contributed by atoms with Gasteiger partial charge >= 0.3 is 6.09 Å². The maximum absolute atomic E-state index is 11.7. The van der Waals surface area contributed by atoms with Gasteiger partial charge in [-0.15, -0.1) is 0 Å². The molecule has 0 aliphatic rings. The molecule has 5 heteroatoms. The number of nitrogens with one attached hydrogen (secondary N) is 1. The molecule has 0 aliphatic carbocycles. The minimum absolute atomic E-state index is 0.0339. The highest BCUT2D eigenvalue weighted by atomic mass is 16.6. The summed E-state index contributed by atoms with van der Waals surface area (Å²) in [5, 5.41) is 2.80. The van der Waals surface area contributed by atoms with Crippen LogP contribution in [0.25, 0.3) is 0 Å². The second kappa shape index (κ2) is 6.95. The molecule has 108 valence electrons. The van der Waals surface area contributed by atoms with Crippen molar-refractivity contribution in [3.05, 3.63) is 0 Å². The normalized spacial score (nSPS) is 14.2. The van der Waals surface area contributed by atoms with E-state index in [0.717, 1.165) is 6.42 Å². The van der Waals surface area contributed by atoms with E-state index < -0.39 is 11.7 Å². The SMILES string of the molecule is COCC(C)(C)C[C@@H](CN)NC(=O)OC(C)(C)C. The first-order valence-corrected chi connectivity index (χ1v) is 6.28. The molecule has 1 amide bonds. The van der Waals surface area contributed by atoms with Gasteiger partial charge < -0.3 is 20.5 Å². The van der Waals surface area contributed by atoms with Crippen molar-refractivity contribution in [2.24, 2.45) is 11.1 Å². The largest absolute Gasteiger partial charge is 0.444 e. The molecule has 0 spiro atoms. The van der Waals surface area contributed by atoms with Crippen molar-refractivity contribution in [1.29, 1.82) is 0 Å². The van der Waals surface area contributed by atoms with Gasteiger partial charge in [-0.25, -0.2) is 4.79 Å². The molecule has 0 radical (unpaired) electrons. The van der Waals surface area contributed by atoms with Crippen molar-refractivity contribution in [2.45, 2.75) is 52.7 Å². The third kappa shape index (κ3) is 8.31. The first-order valence-electron chi connectivity index (χ1n) is 6.28. The highest BCUT2D eigenvalue weighted by molar-refractivity contribution is 5.68. The Labute approximate surface area is 110 Å². The Bertz CT molecular complexity index is 259. The number of nitrogens with two attached hydrogens (primary N) is 1. The van der Waals surface area contributed by atoms with E-state index in [9.17, 15) is 4.79 Å². The van der Waals surface area contributed by atoms with E-state index in [-0.39, 0.29) is 11.5 Å². The Hall–Kier alpha value is -0.810. The van der Waals surface area contributed by atoms with E-state index in [1.165, 1.54) is 0 Å². The van der Waals surface area contributed by atoms with E-state index in [0.29, 0.717) is 13.2 Å². The third-order valence-corrected chi connectivity index (χ3v) is 2.34. The second-order valence-electron chi connectivity index (χ2n) is 6.38. The minimum Gasteiger partial charge on any atom is -0.444 e. The number of ether oxygens (including phenoxy) is 2. The lowest BCUT2D eigenvalue weighted by molar-refractivity contribution is 0.0465. The average molecular weight is 260 g/mol. The molecule has 5 nitrogen and oxygen atoms in total. The highest BCUT2D eigenvalue weighted by Crippen LogP contribution is 2.22. The highest BCUT2D eigenvalue weighted by Gasteiger charge is 2.25. The lowest BCUT2D eigenvalue weighted by Gasteiger charge is -2.29. The number of rotatable bonds is 6. The summed E-state index contributed by atoms with van der Waals surface area (Å²) >= 11 is 0. The number of hydrogen-bond acceptors (Lipinski definition) is 4. The van der Waals surface area contributed by atoms with Crippen LogP contribution in [0, 0.1) is 5.41 Å². The summed E-state index contributed by atoms with van der Waals surface area (Å²) in [4.78, 5) is 11.7. The van der Waals surface area contributed by atoms with Gasteiger partial charge in [0.25, 0.3) is 0 Å². The Morgan fingerprint density at radius 2 is 1.83 bits per heavy atom. The van der Waals surface area contributed by atoms with Crippen molar-refractivity contribution in [3.8, 4) is 0 Å². The van der Waals surface area contributed by atoms with Crippen molar-refractivity contribution in [1.82, 2.24) is 5.32 Å². The molecule has 1 atom stereocenters. The summed E-state index contributed by atoms with van der Waals surface area (Å²) in [7, 11) is 1.67. The zero-order valence-corrected chi connectivity index (χ0v) is 12.5. The summed E-state index contributed by atoms with van der Waals surface area (Å²) in [6, 6.07) is -0.106. The quantitative estimate of drug-likeness (QED) is 0.765. The van der Waals surface area contributed by atoms with Crippen LogP contribution in [-0.4, -0.2) is 38.0 Å². The van der Waals surface area contributed by atoms with Gasteiger partial charge in [0, 0.05) is 19.7 Å². The Kier molecular flexibility index (Phi) is 6.63. The van der Waals surface area contributed by atoms with Crippen LogP contribution in [0.3, 0.4) is 0 Å². The third-order valence-electron chi connectivity index (χ3n) is 2.34. The first kappa shape index (κ1) is 17.2. The van der Waals surface area contributed by atoms with Crippen molar-refractivity contribution >= 4 is 6.09 Å². The molecule has 0 bridgehead atoms. The zero-order valence-electron chi connectivity index (χ0n) is 12.5. The fourth-order valence-electron chi connectivity index (χ4n) is 1.78. The van der Waals surface area contributed by atoms with Gasteiger partial charge in [-0.3, -0.25) is 0 Å².